The summed E-state index contributed by atoms with van der Waals surface area (Å²) < 4.78 is 13.0. The van der Waals surface area contributed by atoms with E-state index in [2.05, 4.69) is 5.32 Å². The maximum atomic E-state index is 13.0. The van der Waals surface area contributed by atoms with E-state index in [9.17, 15) is 4.39 Å². The molecule has 2 rings (SSSR count). The Labute approximate surface area is 101 Å². The first-order valence-corrected chi connectivity index (χ1v) is 6.27. The van der Waals surface area contributed by atoms with Gasteiger partial charge in [-0.3, -0.25) is 0 Å². The Kier molecular flexibility index (Phi) is 4.19. The third-order valence-electron chi connectivity index (χ3n) is 3.16. The van der Waals surface area contributed by atoms with Gasteiger partial charge in [0.05, 0.1) is 0 Å². The lowest BCUT2D eigenvalue weighted by atomic mass is 10.1. The van der Waals surface area contributed by atoms with Crippen LogP contribution < -0.4 is 5.32 Å². The molecular weight excluding hydrogens is 225 g/mol. The molecule has 1 N–H and O–H groups in total. The largest absolute Gasteiger partial charge is 0.312 e. The lowest BCUT2D eigenvalue weighted by Crippen LogP contribution is -2.20. The van der Waals surface area contributed by atoms with Gasteiger partial charge in [0.15, 0.2) is 0 Å². The molecule has 0 bridgehead atoms. The molecular formula is C13H17ClFN. The Balaban J connectivity index is 1.80. The van der Waals surface area contributed by atoms with Crippen molar-refractivity contribution < 1.29 is 4.39 Å². The van der Waals surface area contributed by atoms with Gasteiger partial charge in [-0.05, 0) is 49.1 Å². The third-order valence-corrected chi connectivity index (χ3v) is 3.38. The molecule has 0 aromatic heterocycles. The third kappa shape index (κ3) is 3.46. The molecule has 1 fully saturated rings. The van der Waals surface area contributed by atoms with Crippen molar-refractivity contribution in [2.45, 2.75) is 32.2 Å². The summed E-state index contributed by atoms with van der Waals surface area (Å²) in [5, 5.41) is 3.84. The van der Waals surface area contributed by atoms with Crippen LogP contribution in [0.4, 0.5) is 4.39 Å². The Morgan fingerprint density at radius 1 is 1.25 bits per heavy atom. The molecule has 1 aromatic carbocycles. The Bertz CT molecular complexity index is 328. The van der Waals surface area contributed by atoms with Crippen LogP contribution in [0.1, 0.15) is 31.2 Å². The van der Waals surface area contributed by atoms with E-state index in [4.69, 9.17) is 11.6 Å². The van der Waals surface area contributed by atoms with Gasteiger partial charge in [-0.1, -0.05) is 24.4 Å². The summed E-state index contributed by atoms with van der Waals surface area (Å²) in [7, 11) is 0. The quantitative estimate of drug-likeness (QED) is 0.847. The van der Waals surface area contributed by atoms with E-state index in [1.807, 2.05) is 6.07 Å². The number of hydrogen-bond donors (Lipinski definition) is 1. The van der Waals surface area contributed by atoms with Gasteiger partial charge in [-0.15, -0.1) is 0 Å². The molecule has 1 aliphatic rings. The van der Waals surface area contributed by atoms with E-state index in [1.165, 1.54) is 37.8 Å². The van der Waals surface area contributed by atoms with Crippen LogP contribution in [0.5, 0.6) is 0 Å². The highest BCUT2D eigenvalue weighted by molar-refractivity contribution is 6.30. The molecule has 0 radical (unpaired) electrons. The van der Waals surface area contributed by atoms with Crippen LogP contribution in [0.2, 0.25) is 5.02 Å². The summed E-state index contributed by atoms with van der Waals surface area (Å²) in [6, 6.07) is 4.68. The number of rotatable bonds is 4. The zero-order valence-corrected chi connectivity index (χ0v) is 10.1. The molecule has 0 heterocycles. The molecule has 0 saturated heterocycles. The molecule has 0 atom stereocenters. The van der Waals surface area contributed by atoms with Crippen LogP contribution in [-0.4, -0.2) is 6.54 Å². The molecule has 1 nitrogen and oxygen atoms in total. The summed E-state index contributed by atoms with van der Waals surface area (Å²) in [6.45, 7) is 1.74. The topological polar surface area (TPSA) is 12.0 Å². The maximum absolute atomic E-state index is 13.0. The summed E-state index contributed by atoms with van der Waals surface area (Å²) in [6.07, 6.45) is 5.38. The van der Waals surface area contributed by atoms with Gasteiger partial charge in [0, 0.05) is 11.6 Å². The summed E-state index contributed by atoms with van der Waals surface area (Å²) in [4.78, 5) is 0. The van der Waals surface area contributed by atoms with E-state index in [1.54, 1.807) is 0 Å². The standard InChI is InChI=1S/C13H17ClFN/c14-12-5-11(6-13(15)7-12)9-16-8-10-3-1-2-4-10/h5-7,10,16H,1-4,8-9H2. The van der Waals surface area contributed by atoms with Gasteiger partial charge in [0.1, 0.15) is 5.82 Å². The van der Waals surface area contributed by atoms with Crippen LogP contribution in [0.25, 0.3) is 0 Å². The maximum Gasteiger partial charge on any atom is 0.125 e. The number of nitrogens with one attached hydrogen (secondary N) is 1. The number of benzene rings is 1. The lowest BCUT2D eigenvalue weighted by molar-refractivity contribution is 0.488. The van der Waals surface area contributed by atoms with Crippen molar-refractivity contribution in [3.8, 4) is 0 Å². The normalized spacial score (nSPS) is 16.9. The van der Waals surface area contributed by atoms with Gasteiger partial charge in [0.25, 0.3) is 0 Å². The molecule has 16 heavy (non-hydrogen) atoms. The molecule has 88 valence electrons. The summed E-state index contributed by atoms with van der Waals surface area (Å²) in [5.41, 5.74) is 0.919. The van der Waals surface area contributed by atoms with Crippen LogP contribution in [-0.2, 0) is 6.54 Å². The molecule has 0 unspecified atom stereocenters. The molecule has 1 aliphatic carbocycles. The predicted molar refractivity (Wildman–Crippen MR) is 65.1 cm³/mol. The summed E-state index contributed by atoms with van der Waals surface area (Å²) >= 11 is 5.79. The van der Waals surface area contributed by atoms with Gasteiger partial charge < -0.3 is 5.32 Å². The number of hydrogen-bond acceptors (Lipinski definition) is 1. The van der Waals surface area contributed by atoms with Crippen molar-refractivity contribution in [1.29, 1.82) is 0 Å². The van der Waals surface area contributed by atoms with Gasteiger partial charge in [0.2, 0.25) is 0 Å². The van der Waals surface area contributed by atoms with E-state index in [0.29, 0.717) is 11.6 Å². The number of halogens is 2. The first kappa shape index (κ1) is 11.9. The molecule has 1 saturated carbocycles. The molecule has 0 spiro atoms. The Morgan fingerprint density at radius 3 is 2.69 bits per heavy atom. The second-order valence-electron chi connectivity index (χ2n) is 4.56. The fourth-order valence-electron chi connectivity index (χ4n) is 2.35. The minimum absolute atomic E-state index is 0.259. The van der Waals surface area contributed by atoms with Crippen molar-refractivity contribution in [2.24, 2.45) is 5.92 Å². The fourth-order valence-corrected chi connectivity index (χ4v) is 2.59. The van der Waals surface area contributed by atoms with Crippen LogP contribution in [0.15, 0.2) is 18.2 Å². The van der Waals surface area contributed by atoms with Crippen molar-refractivity contribution in [3.05, 3.63) is 34.6 Å². The highest BCUT2D eigenvalue weighted by Gasteiger charge is 2.13. The van der Waals surface area contributed by atoms with E-state index >= 15 is 0 Å². The minimum Gasteiger partial charge on any atom is -0.312 e. The minimum atomic E-state index is -0.259. The highest BCUT2D eigenvalue weighted by Crippen LogP contribution is 2.23. The highest BCUT2D eigenvalue weighted by atomic mass is 35.5. The van der Waals surface area contributed by atoms with Crippen molar-refractivity contribution >= 4 is 11.6 Å². The van der Waals surface area contributed by atoms with Gasteiger partial charge in [-0.25, -0.2) is 4.39 Å². The van der Waals surface area contributed by atoms with Gasteiger partial charge in [-0.2, -0.15) is 0 Å². The average molecular weight is 242 g/mol. The fraction of sp³-hybridized carbons (Fsp3) is 0.538. The monoisotopic (exact) mass is 241 g/mol. The molecule has 0 amide bonds. The SMILES string of the molecule is Fc1cc(Cl)cc(CNCC2CCCC2)c1. The van der Waals surface area contributed by atoms with E-state index in [0.717, 1.165) is 18.0 Å². The first-order chi connectivity index (χ1) is 7.74. The second-order valence-corrected chi connectivity index (χ2v) is 5.00. The van der Waals surface area contributed by atoms with Crippen LogP contribution >= 0.6 is 11.6 Å². The molecule has 1 aromatic rings. The van der Waals surface area contributed by atoms with E-state index in [-0.39, 0.29) is 5.82 Å². The second kappa shape index (κ2) is 5.65. The zero-order chi connectivity index (χ0) is 11.4. The van der Waals surface area contributed by atoms with Crippen molar-refractivity contribution in [1.82, 2.24) is 5.32 Å². The van der Waals surface area contributed by atoms with Crippen LogP contribution in [0.3, 0.4) is 0 Å². The smallest absolute Gasteiger partial charge is 0.125 e. The molecule has 3 heteroatoms. The van der Waals surface area contributed by atoms with E-state index < -0.39 is 0 Å². The Hall–Kier alpha value is -0.600. The Morgan fingerprint density at radius 2 is 2.00 bits per heavy atom. The van der Waals surface area contributed by atoms with Gasteiger partial charge >= 0.3 is 0 Å². The predicted octanol–water partition coefficient (Wildman–Crippen LogP) is 3.76. The van der Waals surface area contributed by atoms with Crippen molar-refractivity contribution in [2.75, 3.05) is 6.54 Å². The zero-order valence-electron chi connectivity index (χ0n) is 9.31. The summed E-state index contributed by atoms with van der Waals surface area (Å²) in [5.74, 6) is 0.550. The lowest BCUT2D eigenvalue weighted by Gasteiger charge is -2.10. The van der Waals surface area contributed by atoms with Crippen molar-refractivity contribution in [3.63, 3.8) is 0 Å². The van der Waals surface area contributed by atoms with Crippen LogP contribution in [0, 0.1) is 11.7 Å². The first-order valence-electron chi connectivity index (χ1n) is 5.90. The average Bonchev–Trinajstić information content (AvgIpc) is 2.69. The molecule has 0 aliphatic heterocycles.